The summed E-state index contributed by atoms with van der Waals surface area (Å²) in [7, 11) is 3.13. The van der Waals surface area contributed by atoms with Gasteiger partial charge in [0.05, 0.1) is 20.0 Å². The second-order valence-corrected chi connectivity index (χ2v) is 7.75. The molecule has 0 saturated heterocycles. The first-order valence-electron chi connectivity index (χ1n) is 9.93. The summed E-state index contributed by atoms with van der Waals surface area (Å²) in [4.78, 5) is 17.2. The van der Waals surface area contributed by atoms with Gasteiger partial charge in [-0.2, -0.15) is 0 Å². The highest BCUT2D eigenvalue weighted by molar-refractivity contribution is 7.99. The number of hydrogen-bond donors (Lipinski definition) is 1. The first-order valence-corrected chi connectivity index (χ1v) is 10.9. The van der Waals surface area contributed by atoms with Crippen LogP contribution in [0.3, 0.4) is 0 Å². The van der Waals surface area contributed by atoms with Crippen molar-refractivity contribution < 1.29 is 18.7 Å². The molecular weight excluding hydrogens is 424 g/mol. The van der Waals surface area contributed by atoms with Gasteiger partial charge in [-0.3, -0.25) is 4.79 Å². The molecule has 0 aliphatic carbocycles. The van der Waals surface area contributed by atoms with Crippen LogP contribution in [0, 0.1) is 0 Å². The van der Waals surface area contributed by atoms with Crippen LogP contribution in [0.4, 0.5) is 5.69 Å². The van der Waals surface area contributed by atoms with Gasteiger partial charge < -0.3 is 19.2 Å². The Morgan fingerprint density at radius 2 is 1.50 bits per heavy atom. The van der Waals surface area contributed by atoms with Crippen LogP contribution in [0.15, 0.2) is 88.5 Å². The standard InChI is InChI=1S/C25H22N2O4S/c1-29-20-13-19(14-21(15-20)30-2)26-22(28)16-32-25-27-23(17-9-5-3-6-10-17)24(31-25)18-11-7-4-8-12-18/h3-15H,16H2,1-2H3,(H,26,28). The lowest BCUT2D eigenvalue weighted by atomic mass is 10.1. The molecule has 0 unspecified atom stereocenters. The summed E-state index contributed by atoms with van der Waals surface area (Å²) in [5, 5.41) is 3.29. The molecule has 4 aromatic rings. The molecule has 0 fully saturated rings. The topological polar surface area (TPSA) is 73.6 Å². The van der Waals surface area contributed by atoms with Gasteiger partial charge in [0.1, 0.15) is 17.2 Å². The molecule has 7 heteroatoms. The maximum Gasteiger partial charge on any atom is 0.257 e. The van der Waals surface area contributed by atoms with Gasteiger partial charge in [-0.05, 0) is 0 Å². The van der Waals surface area contributed by atoms with E-state index >= 15 is 0 Å². The molecular formula is C25H22N2O4S. The zero-order valence-electron chi connectivity index (χ0n) is 17.7. The fourth-order valence-corrected chi connectivity index (χ4v) is 3.77. The molecule has 162 valence electrons. The summed E-state index contributed by atoms with van der Waals surface area (Å²) in [6.07, 6.45) is 0. The zero-order chi connectivity index (χ0) is 22.3. The van der Waals surface area contributed by atoms with E-state index < -0.39 is 0 Å². The van der Waals surface area contributed by atoms with E-state index in [1.54, 1.807) is 32.4 Å². The molecule has 1 heterocycles. The molecule has 0 atom stereocenters. The number of carbonyl (C=O) groups is 1. The molecule has 0 saturated carbocycles. The van der Waals surface area contributed by atoms with Crippen LogP contribution in [0.5, 0.6) is 11.5 Å². The molecule has 1 aromatic heterocycles. The number of nitrogens with zero attached hydrogens (tertiary/aromatic N) is 1. The average Bonchev–Trinajstić information content (AvgIpc) is 3.28. The lowest BCUT2D eigenvalue weighted by molar-refractivity contribution is -0.113. The smallest absolute Gasteiger partial charge is 0.257 e. The highest BCUT2D eigenvalue weighted by Gasteiger charge is 2.18. The maximum absolute atomic E-state index is 12.5. The Kier molecular flexibility index (Phi) is 6.77. The molecule has 0 aliphatic heterocycles. The van der Waals surface area contributed by atoms with Crippen LogP contribution in [0.1, 0.15) is 0 Å². The second-order valence-electron chi connectivity index (χ2n) is 6.83. The summed E-state index contributed by atoms with van der Waals surface area (Å²) in [5.74, 6) is 1.82. The van der Waals surface area contributed by atoms with Crippen molar-refractivity contribution >= 4 is 23.4 Å². The number of aromatic nitrogens is 1. The molecule has 0 spiro atoms. The molecule has 0 bridgehead atoms. The molecule has 6 nitrogen and oxygen atoms in total. The predicted octanol–water partition coefficient (Wildman–Crippen LogP) is 5.76. The Bertz CT molecular complexity index is 1110. The zero-order valence-corrected chi connectivity index (χ0v) is 18.5. The minimum atomic E-state index is -0.189. The minimum absolute atomic E-state index is 0.141. The predicted molar refractivity (Wildman–Crippen MR) is 126 cm³/mol. The number of carbonyl (C=O) groups excluding carboxylic acids is 1. The summed E-state index contributed by atoms with van der Waals surface area (Å²) < 4.78 is 16.6. The van der Waals surface area contributed by atoms with Gasteiger partial charge in [-0.1, -0.05) is 72.4 Å². The SMILES string of the molecule is COc1cc(NC(=O)CSc2nc(-c3ccccc3)c(-c3ccccc3)o2)cc(OC)c1. The lowest BCUT2D eigenvalue weighted by Crippen LogP contribution is -2.14. The largest absolute Gasteiger partial charge is 0.497 e. The van der Waals surface area contributed by atoms with Crippen molar-refractivity contribution in [3.63, 3.8) is 0 Å². The van der Waals surface area contributed by atoms with Gasteiger partial charge in [0.2, 0.25) is 5.91 Å². The van der Waals surface area contributed by atoms with Crippen molar-refractivity contribution in [3.05, 3.63) is 78.9 Å². The second kappa shape index (κ2) is 10.1. The van der Waals surface area contributed by atoms with Crippen LogP contribution >= 0.6 is 11.8 Å². The summed E-state index contributed by atoms with van der Waals surface area (Å²) in [5.41, 5.74) is 3.22. The van der Waals surface area contributed by atoms with Crippen molar-refractivity contribution in [2.75, 3.05) is 25.3 Å². The number of rotatable bonds is 8. The van der Waals surface area contributed by atoms with Gasteiger partial charge in [0, 0.05) is 35.0 Å². The van der Waals surface area contributed by atoms with Gasteiger partial charge in [0.15, 0.2) is 5.76 Å². The quantitative estimate of drug-likeness (QED) is 0.347. The number of hydrogen-bond acceptors (Lipinski definition) is 6. The maximum atomic E-state index is 12.5. The van der Waals surface area contributed by atoms with Crippen molar-refractivity contribution in [3.8, 4) is 34.1 Å². The van der Waals surface area contributed by atoms with Gasteiger partial charge in [-0.25, -0.2) is 4.98 Å². The number of nitrogens with one attached hydrogen (secondary N) is 1. The third kappa shape index (κ3) is 5.12. The number of oxazole rings is 1. The monoisotopic (exact) mass is 446 g/mol. The van der Waals surface area contributed by atoms with E-state index in [1.165, 1.54) is 11.8 Å². The van der Waals surface area contributed by atoms with Gasteiger partial charge in [-0.15, -0.1) is 0 Å². The van der Waals surface area contributed by atoms with Crippen LogP contribution in [0.2, 0.25) is 0 Å². The normalized spacial score (nSPS) is 10.6. The van der Waals surface area contributed by atoms with Crippen LogP contribution < -0.4 is 14.8 Å². The lowest BCUT2D eigenvalue weighted by Gasteiger charge is -2.09. The van der Waals surface area contributed by atoms with Gasteiger partial charge in [0.25, 0.3) is 5.22 Å². The van der Waals surface area contributed by atoms with Crippen molar-refractivity contribution in [1.29, 1.82) is 0 Å². The summed E-state index contributed by atoms with van der Waals surface area (Å²) in [6, 6.07) is 24.9. The minimum Gasteiger partial charge on any atom is -0.497 e. The molecule has 3 aromatic carbocycles. The molecule has 0 radical (unpaired) electrons. The van der Waals surface area contributed by atoms with E-state index in [0.717, 1.165) is 16.8 Å². The number of anilines is 1. The number of amides is 1. The van der Waals surface area contributed by atoms with Crippen molar-refractivity contribution in [2.45, 2.75) is 5.22 Å². The fraction of sp³-hybridized carbons (Fsp3) is 0.120. The highest BCUT2D eigenvalue weighted by Crippen LogP contribution is 2.35. The van der Waals surface area contributed by atoms with E-state index in [2.05, 4.69) is 10.3 Å². The Morgan fingerprint density at radius 1 is 0.906 bits per heavy atom. The molecule has 0 aliphatic rings. The molecule has 1 N–H and O–H groups in total. The van der Waals surface area contributed by atoms with Crippen molar-refractivity contribution in [1.82, 2.24) is 4.98 Å². The van der Waals surface area contributed by atoms with E-state index in [0.29, 0.717) is 28.2 Å². The van der Waals surface area contributed by atoms with Crippen LogP contribution in [-0.4, -0.2) is 30.9 Å². The number of thioether (sulfide) groups is 1. The third-order valence-corrected chi connectivity index (χ3v) is 5.48. The summed E-state index contributed by atoms with van der Waals surface area (Å²) >= 11 is 1.24. The van der Waals surface area contributed by atoms with Crippen LogP contribution in [-0.2, 0) is 4.79 Å². The summed E-state index contributed by atoms with van der Waals surface area (Å²) in [6.45, 7) is 0. The number of methoxy groups -OCH3 is 2. The Morgan fingerprint density at radius 3 is 2.09 bits per heavy atom. The number of benzene rings is 3. The van der Waals surface area contributed by atoms with E-state index in [9.17, 15) is 4.79 Å². The van der Waals surface area contributed by atoms with E-state index in [1.807, 2.05) is 60.7 Å². The molecule has 1 amide bonds. The highest BCUT2D eigenvalue weighted by atomic mass is 32.2. The van der Waals surface area contributed by atoms with Crippen molar-refractivity contribution in [2.24, 2.45) is 0 Å². The number of ether oxygens (including phenoxy) is 2. The Hall–Kier alpha value is -3.71. The van der Waals surface area contributed by atoms with E-state index in [-0.39, 0.29) is 11.7 Å². The molecule has 4 rings (SSSR count). The van der Waals surface area contributed by atoms with Gasteiger partial charge >= 0.3 is 0 Å². The Balaban J connectivity index is 1.51. The molecule has 32 heavy (non-hydrogen) atoms. The Labute approximate surface area is 190 Å². The average molecular weight is 447 g/mol. The fourth-order valence-electron chi connectivity index (χ4n) is 3.14. The first-order chi connectivity index (χ1) is 15.7. The first kappa shape index (κ1) is 21.5. The third-order valence-electron chi connectivity index (χ3n) is 4.65. The van der Waals surface area contributed by atoms with Crippen LogP contribution in [0.25, 0.3) is 22.6 Å². The van der Waals surface area contributed by atoms with E-state index in [4.69, 9.17) is 13.9 Å².